The van der Waals surface area contributed by atoms with E-state index in [0.717, 1.165) is 49.6 Å². The predicted octanol–water partition coefficient (Wildman–Crippen LogP) is 3.90. The van der Waals surface area contributed by atoms with E-state index in [1.54, 1.807) is 7.11 Å². The molecule has 1 saturated heterocycles. The van der Waals surface area contributed by atoms with Gasteiger partial charge in [0.15, 0.2) is 5.78 Å². The first kappa shape index (κ1) is 20.3. The Kier molecular flexibility index (Phi) is 7.49. The zero-order valence-electron chi connectivity index (χ0n) is 15.4. The van der Waals surface area contributed by atoms with Crippen molar-refractivity contribution in [3.05, 3.63) is 60.2 Å². The van der Waals surface area contributed by atoms with Crippen molar-refractivity contribution in [2.75, 3.05) is 38.2 Å². The first-order chi connectivity index (χ1) is 12.2. The molecular formula is C21H27ClN2O2. The smallest absolute Gasteiger partial charge is 0.179 e. The fraction of sp³-hybridized carbons (Fsp3) is 0.381. The first-order valence-corrected chi connectivity index (χ1v) is 8.96. The van der Waals surface area contributed by atoms with Gasteiger partial charge in [-0.15, -0.1) is 12.4 Å². The number of carbonyl (C=O) groups excluding carboxylic acids is 1. The lowest BCUT2D eigenvalue weighted by Crippen LogP contribution is -2.52. The number of benzene rings is 2. The molecule has 0 aromatic heterocycles. The highest BCUT2D eigenvalue weighted by molar-refractivity contribution is 6.00. The van der Waals surface area contributed by atoms with Crippen LogP contribution in [0.4, 0.5) is 5.69 Å². The average molecular weight is 375 g/mol. The summed E-state index contributed by atoms with van der Waals surface area (Å²) in [7, 11) is 1.71. The first-order valence-electron chi connectivity index (χ1n) is 8.96. The Labute approximate surface area is 162 Å². The highest BCUT2D eigenvalue weighted by atomic mass is 35.5. The number of para-hydroxylation sites is 2. The van der Waals surface area contributed by atoms with Gasteiger partial charge in [-0.3, -0.25) is 9.69 Å². The number of ether oxygens (including phenoxy) is 1. The van der Waals surface area contributed by atoms with Gasteiger partial charge in [-0.25, -0.2) is 0 Å². The van der Waals surface area contributed by atoms with Crippen molar-refractivity contribution in [1.29, 1.82) is 0 Å². The van der Waals surface area contributed by atoms with Crippen molar-refractivity contribution in [2.45, 2.75) is 19.4 Å². The molecule has 0 spiro atoms. The standard InChI is InChI=1S/C21H26N2O2.ClH/c1-3-18(21(24)17-9-5-4-6-10-17)22-13-15-23(16-14-22)19-11-7-8-12-20(19)25-2;/h4-12,18H,3,13-16H2,1-2H3;1H. The lowest BCUT2D eigenvalue weighted by Gasteiger charge is -2.39. The molecule has 3 rings (SSSR count). The Balaban J connectivity index is 0.00000243. The van der Waals surface area contributed by atoms with E-state index in [9.17, 15) is 4.79 Å². The molecule has 1 aliphatic heterocycles. The minimum Gasteiger partial charge on any atom is -0.495 e. The van der Waals surface area contributed by atoms with E-state index in [1.165, 1.54) is 0 Å². The van der Waals surface area contributed by atoms with Gasteiger partial charge in [0, 0.05) is 31.7 Å². The molecule has 2 aromatic carbocycles. The van der Waals surface area contributed by atoms with Gasteiger partial charge in [0.05, 0.1) is 18.8 Å². The number of methoxy groups -OCH3 is 1. The third-order valence-electron chi connectivity index (χ3n) is 4.93. The fourth-order valence-corrected chi connectivity index (χ4v) is 3.57. The van der Waals surface area contributed by atoms with Crippen LogP contribution in [0.2, 0.25) is 0 Å². The highest BCUT2D eigenvalue weighted by Crippen LogP contribution is 2.29. The zero-order chi connectivity index (χ0) is 17.6. The van der Waals surface area contributed by atoms with Crippen LogP contribution in [0, 0.1) is 0 Å². The molecule has 140 valence electrons. The van der Waals surface area contributed by atoms with E-state index in [1.807, 2.05) is 48.5 Å². The number of ketones is 1. The van der Waals surface area contributed by atoms with Crippen molar-refractivity contribution in [3.63, 3.8) is 0 Å². The summed E-state index contributed by atoms with van der Waals surface area (Å²) in [4.78, 5) is 17.5. The van der Waals surface area contributed by atoms with Crippen LogP contribution in [0.15, 0.2) is 54.6 Å². The minimum atomic E-state index is -0.0396. The predicted molar refractivity (Wildman–Crippen MR) is 109 cm³/mol. The second kappa shape index (κ2) is 9.60. The maximum atomic E-state index is 12.9. The maximum Gasteiger partial charge on any atom is 0.179 e. The van der Waals surface area contributed by atoms with E-state index >= 15 is 0 Å². The largest absolute Gasteiger partial charge is 0.495 e. The van der Waals surface area contributed by atoms with Gasteiger partial charge < -0.3 is 9.64 Å². The molecule has 0 radical (unpaired) electrons. The Morgan fingerprint density at radius 3 is 2.23 bits per heavy atom. The van der Waals surface area contributed by atoms with Gasteiger partial charge in [0.2, 0.25) is 0 Å². The van der Waals surface area contributed by atoms with Crippen LogP contribution in [-0.4, -0.2) is 50.0 Å². The van der Waals surface area contributed by atoms with Gasteiger partial charge >= 0.3 is 0 Å². The van der Waals surface area contributed by atoms with Crippen LogP contribution in [0.3, 0.4) is 0 Å². The van der Waals surface area contributed by atoms with Crippen molar-refractivity contribution >= 4 is 23.9 Å². The summed E-state index contributed by atoms with van der Waals surface area (Å²) in [5, 5.41) is 0. The molecule has 1 unspecified atom stereocenters. The monoisotopic (exact) mass is 374 g/mol. The van der Waals surface area contributed by atoms with E-state index in [2.05, 4.69) is 22.8 Å². The average Bonchev–Trinajstić information content (AvgIpc) is 2.69. The zero-order valence-corrected chi connectivity index (χ0v) is 16.2. The van der Waals surface area contributed by atoms with Gasteiger partial charge in [0.1, 0.15) is 5.75 Å². The van der Waals surface area contributed by atoms with Gasteiger partial charge in [-0.05, 0) is 18.6 Å². The molecule has 26 heavy (non-hydrogen) atoms. The summed E-state index contributed by atoms with van der Waals surface area (Å²) in [5.41, 5.74) is 1.94. The summed E-state index contributed by atoms with van der Waals surface area (Å²) < 4.78 is 5.48. The van der Waals surface area contributed by atoms with Crippen LogP contribution in [0.1, 0.15) is 23.7 Å². The number of Topliss-reactive ketones (excluding diaryl/α,β-unsaturated/α-hetero) is 1. The number of rotatable bonds is 6. The summed E-state index contributed by atoms with van der Waals surface area (Å²) in [6.07, 6.45) is 0.836. The summed E-state index contributed by atoms with van der Waals surface area (Å²) in [6, 6.07) is 17.7. The van der Waals surface area contributed by atoms with E-state index in [0.29, 0.717) is 0 Å². The molecule has 0 N–H and O–H groups in total. The number of anilines is 1. The molecule has 0 amide bonds. The SMILES string of the molecule is CCC(C(=O)c1ccccc1)N1CCN(c2ccccc2OC)CC1.Cl. The van der Waals surface area contributed by atoms with Crippen LogP contribution < -0.4 is 9.64 Å². The Hall–Kier alpha value is -2.04. The third kappa shape index (κ3) is 4.37. The highest BCUT2D eigenvalue weighted by Gasteiger charge is 2.29. The lowest BCUT2D eigenvalue weighted by molar-refractivity contribution is 0.0801. The molecule has 1 aliphatic rings. The van der Waals surface area contributed by atoms with E-state index in [-0.39, 0.29) is 24.2 Å². The summed E-state index contributed by atoms with van der Waals surface area (Å²) >= 11 is 0. The number of nitrogens with zero attached hydrogens (tertiary/aromatic N) is 2. The molecule has 0 aliphatic carbocycles. The normalized spacial score (nSPS) is 15.8. The maximum absolute atomic E-state index is 12.9. The van der Waals surface area contributed by atoms with Crippen molar-refractivity contribution in [1.82, 2.24) is 4.90 Å². The van der Waals surface area contributed by atoms with E-state index in [4.69, 9.17) is 4.74 Å². The second-order valence-electron chi connectivity index (χ2n) is 6.35. The molecule has 4 nitrogen and oxygen atoms in total. The number of piperazine rings is 1. The summed E-state index contributed by atoms with van der Waals surface area (Å²) in [5.74, 6) is 1.14. The van der Waals surface area contributed by atoms with Crippen LogP contribution >= 0.6 is 12.4 Å². The second-order valence-corrected chi connectivity index (χ2v) is 6.35. The van der Waals surface area contributed by atoms with Crippen molar-refractivity contribution < 1.29 is 9.53 Å². The molecule has 2 aromatic rings. The molecule has 0 saturated carbocycles. The van der Waals surface area contributed by atoms with Gasteiger partial charge in [-0.2, -0.15) is 0 Å². The fourth-order valence-electron chi connectivity index (χ4n) is 3.57. The van der Waals surface area contributed by atoms with E-state index < -0.39 is 0 Å². The Morgan fingerprint density at radius 2 is 1.62 bits per heavy atom. The van der Waals surface area contributed by atoms with Gasteiger partial charge in [0.25, 0.3) is 0 Å². The molecular weight excluding hydrogens is 348 g/mol. The van der Waals surface area contributed by atoms with Crippen LogP contribution in [-0.2, 0) is 0 Å². The number of halogens is 1. The van der Waals surface area contributed by atoms with Crippen molar-refractivity contribution in [3.8, 4) is 5.75 Å². The minimum absolute atomic E-state index is 0. The molecule has 0 bridgehead atoms. The lowest BCUT2D eigenvalue weighted by atomic mass is 10.00. The third-order valence-corrected chi connectivity index (χ3v) is 4.93. The number of hydrogen-bond donors (Lipinski definition) is 0. The van der Waals surface area contributed by atoms with Crippen molar-refractivity contribution in [2.24, 2.45) is 0 Å². The molecule has 1 atom stereocenters. The Morgan fingerprint density at radius 1 is 1.00 bits per heavy atom. The van der Waals surface area contributed by atoms with Crippen LogP contribution in [0.5, 0.6) is 5.75 Å². The number of hydrogen-bond acceptors (Lipinski definition) is 4. The van der Waals surface area contributed by atoms with Crippen LogP contribution in [0.25, 0.3) is 0 Å². The quantitative estimate of drug-likeness (QED) is 0.718. The summed E-state index contributed by atoms with van der Waals surface area (Å²) in [6.45, 7) is 5.67. The molecule has 1 fully saturated rings. The van der Waals surface area contributed by atoms with Gasteiger partial charge in [-0.1, -0.05) is 49.4 Å². The topological polar surface area (TPSA) is 32.8 Å². The Bertz CT molecular complexity index is 700. The number of carbonyl (C=O) groups is 1. The molecule has 5 heteroatoms. The molecule has 1 heterocycles.